The molecule has 140 valence electrons. The predicted octanol–water partition coefficient (Wildman–Crippen LogP) is 4.46. The molecule has 0 aliphatic heterocycles. The van der Waals surface area contributed by atoms with Crippen LogP contribution in [0.3, 0.4) is 0 Å². The van der Waals surface area contributed by atoms with Crippen LogP contribution < -0.4 is 5.32 Å². The van der Waals surface area contributed by atoms with E-state index in [4.69, 9.17) is 4.42 Å². The van der Waals surface area contributed by atoms with E-state index in [9.17, 15) is 14.4 Å². The number of thiophene rings is 1. The minimum atomic E-state index is -0.247. The van der Waals surface area contributed by atoms with Crippen LogP contribution in [0.15, 0.2) is 34.7 Å². The number of nitrogens with one attached hydrogen (secondary N) is 1. The number of fused-ring (bicyclic) bond motifs is 1. The summed E-state index contributed by atoms with van der Waals surface area (Å²) in [6, 6.07) is 8.88. The summed E-state index contributed by atoms with van der Waals surface area (Å²) in [5, 5.41) is 2.75. The van der Waals surface area contributed by atoms with E-state index in [0.29, 0.717) is 27.6 Å². The summed E-state index contributed by atoms with van der Waals surface area (Å²) in [5.74, 6) is 0.200. The Labute approximate surface area is 160 Å². The van der Waals surface area contributed by atoms with Crippen LogP contribution in [0.25, 0.3) is 11.1 Å². The van der Waals surface area contributed by atoms with Crippen molar-refractivity contribution in [3.63, 3.8) is 0 Å². The van der Waals surface area contributed by atoms with Gasteiger partial charge >= 0.3 is 0 Å². The minimum Gasteiger partial charge on any atom is -0.441 e. The molecule has 0 atom stereocenters. The molecule has 0 spiro atoms. The quantitative estimate of drug-likeness (QED) is 0.579. The third-order valence-electron chi connectivity index (χ3n) is 4.06. The topological polar surface area (TPSA) is 89.3 Å². The van der Waals surface area contributed by atoms with Crippen molar-refractivity contribution < 1.29 is 18.8 Å². The molecule has 0 aliphatic carbocycles. The first-order chi connectivity index (χ1) is 12.9. The Hall–Kier alpha value is -2.80. The van der Waals surface area contributed by atoms with Gasteiger partial charge in [-0.25, -0.2) is 4.98 Å². The Morgan fingerprint density at radius 1 is 1.04 bits per heavy atom. The molecule has 0 fully saturated rings. The van der Waals surface area contributed by atoms with Gasteiger partial charge in [-0.05, 0) is 37.3 Å². The number of ketones is 2. The molecule has 0 bridgehead atoms. The highest BCUT2D eigenvalue weighted by Gasteiger charge is 2.13. The molecule has 1 amide bonds. The highest BCUT2D eigenvalue weighted by molar-refractivity contribution is 7.14. The maximum Gasteiger partial charge on any atom is 0.224 e. The fourth-order valence-electron chi connectivity index (χ4n) is 2.68. The van der Waals surface area contributed by atoms with E-state index < -0.39 is 0 Å². The molecule has 2 aromatic heterocycles. The van der Waals surface area contributed by atoms with E-state index >= 15 is 0 Å². The zero-order valence-corrected chi connectivity index (χ0v) is 16.0. The fraction of sp³-hybridized carbons (Fsp3) is 0.300. The number of hydrogen-bond donors (Lipinski definition) is 1. The van der Waals surface area contributed by atoms with Crippen molar-refractivity contribution in [3.05, 3.63) is 46.0 Å². The van der Waals surface area contributed by atoms with E-state index in [-0.39, 0.29) is 43.2 Å². The van der Waals surface area contributed by atoms with Crippen LogP contribution in [0.1, 0.15) is 46.1 Å². The lowest BCUT2D eigenvalue weighted by Gasteiger charge is -2.04. The predicted molar refractivity (Wildman–Crippen MR) is 104 cm³/mol. The lowest BCUT2D eigenvalue weighted by molar-refractivity contribution is -0.122. The van der Waals surface area contributed by atoms with E-state index in [2.05, 4.69) is 10.3 Å². The van der Waals surface area contributed by atoms with Gasteiger partial charge in [0.1, 0.15) is 11.3 Å². The summed E-state index contributed by atoms with van der Waals surface area (Å²) < 4.78 is 5.39. The highest BCUT2D eigenvalue weighted by Crippen LogP contribution is 2.20. The monoisotopic (exact) mass is 384 g/mol. The lowest BCUT2D eigenvalue weighted by Crippen LogP contribution is -2.13. The molecule has 0 unspecified atom stereocenters. The van der Waals surface area contributed by atoms with Crippen molar-refractivity contribution >= 4 is 45.6 Å². The Kier molecular flexibility index (Phi) is 5.81. The van der Waals surface area contributed by atoms with Gasteiger partial charge in [0.25, 0.3) is 0 Å². The van der Waals surface area contributed by atoms with E-state index in [1.807, 2.05) is 13.0 Å². The Bertz CT molecular complexity index is 1000. The van der Waals surface area contributed by atoms with Gasteiger partial charge in [0.2, 0.25) is 5.91 Å². The molecular formula is C20H20N2O4S. The van der Waals surface area contributed by atoms with Gasteiger partial charge in [-0.15, -0.1) is 11.3 Å². The van der Waals surface area contributed by atoms with Crippen LogP contribution in [0, 0.1) is 13.8 Å². The summed E-state index contributed by atoms with van der Waals surface area (Å²) >= 11 is 1.43. The first kappa shape index (κ1) is 19.0. The van der Waals surface area contributed by atoms with Crippen molar-refractivity contribution in [1.29, 1.82) is 0 Å². The van der Waals surface area contributed by atoms with Crippen LogP contribution in [-0.4, -0.2) is 22.5 Å². The highest BCUT2D eigenvalue weighted by atomic mass is 32.1. The van der Waals surface area contributed by atoms with Crippen molar-refractivity contribution in [2.75, 3.05) is 5.32 Å². The molecule has 1 N–H and O–H groups in total. The van der Waals surface area contributed by atoms with Crippen LogP contribution in [0.4, 0.5) is 5.69 Å². The van der Waals surface area contributed by atoms with Crippen molar-refractivity contribution in [2.45, 2.75) is 39.5 Å². The van der Waals surface area contributed by atoms with Crippen LogP contribution in [0.5, 0.6) is 0 Å². The van der Waals surface area contributed by atoms with Gasteiger partial charge in [-0.2, -0.15) is 0 Å². The van der Waals surface area contributed by atoms with Crippen LogP contribution in [0.2, 0.25) is 0 Å². The zero-order valence-electron chi connectivity index (χ0n) is 15.2. The normalized spacial score (nSPS) is 10.9. The van der Waals surface area contributed by atoms with Gasteiger partial charge in [0.15, 0.2) is 17.3 Å². The average molecular weight is 384 g/mol. The van der Waals surface area contributed by atoms with Crippen molar-refractivity contribution in [3.8, 4) is 0 Å². The third-order valence-corrected chi connectivity index (χ3v) is 5.10. The SMILES string of the molecule is Cc1nc2cc(NC(=O)CCC(=O)CCC(=O)c3ccc(C)s3)ccc2o1. The molecular weight excluding hydrogens is 364 g/mol. The van der Waals surface area contributed by atoms with E-state index in [1.165, 1.54) is 11.3 Å². The van der Waals surface area contributed by atoms with Crippen LogP contribution >= 0.6 is 11.3 Å². The number of aromatic nitrogens is 1. The summed E-state index contributed by atoms with van der Waals surface area (Å²) in [6.07, 6.45) is 0.546. The Morgan fingerprint density at radius 2 is 1.81 bits per heavy atom. The number of carbonyl (C=O) groups is 3. The molecule has 3 rings (SSSR count). The number of amides is 1. The van der Waals surface area contributed by atoms with E-state index in [0.717, 1.165) is 4.88 Å². The maximum atomic E-state index is 12.0. The molecule has 6 nitrogen and oxygen atoms in total. The molecule has 2 heterocycles. The summed E-state index contributed by atoms with van der Waals surface area (Å²) in [7, 11) is 0. The Morgan fingerprint density at radius 3 is 2.56 bits per heavy atom. The second-order valence-electron chi connectivity index (χ2n) is 6.34. The van der Waals surface area contributed by atoms with Crippen LogP contribution in [-0.2, 0) is 9.59 Å². The molecule has 27 heavy (non-hydrogen) atoms. The number of nitrogens with zero attached hydrogens (tertiary/aromatic N) is 1. The number of rotatable bonds is 8. The molecule has 7 heteroatoms. The lowest BCUT2D eigenvalue weighted by atomic mass is 10.1. The van der Waals surface area contributed by atoms with Gasteiger partial charge in [-0.1, -0.05) is 0 Å². The number of aryl methyl sites for hydroxylation is 2. The summed E-state index contributed by atoms with van der Waals surface area (Å²) in [5.41, 5.74) is 1.94. The number of hydrogen-bond acceptors (Lipinski definition) is 6. The molecule has 0 radical (unpaired) electrons. The van der Waals surface area contributed by atoms with Gasteiger partial charge in [0.05, 0.1) is 4.88 Å². The second-order valence-corrected chi connectivity index (χ2v) is 7.62. The van der Waals surface area contributed by atoms with Gasteiger partial charge in [0, 0.05) is 43.2 Å². The third kappa shape index (κ3) is 5.10. The fourth-order valence-corrected chi connectivity index (χ4v) is 3.52. The first-order valence-corrected chi connectivity index (χ1v) is 9.51. The van der Waals surface area contributed by atoms with Crippen molar-refractivity contribution in [1.82, 2.24) is 4.98 Å². The van der Waals surface area contributed by atoms with Gasteiger partial charge < -0.3 is 9.73 Å². The first-order valence-electron chi connectivity index (χ1n) is 8.69. The number of oxazole rings is 1. The molecule has 0 aliphatic rings. The number of carbonyl (C=O) groups excluding carboxylic acids is 3. The average Bonchev–Trinajstić information content (AvgIpc) is 3.22. The number of Topliss-reactive ketones (excluding diaryl/α,β-unsaturated/α-hetero) is 2. The smallest absolute Gasteiger partial charge is 0.224 e. The Balaban J connectivity index is 1.43. The minimum absolute atomic E-state index is 0.0258. The molecule has 1 aromatic carbocycles. The van der Waals surface area contributed by atoms with Crippen molar-refractivity contribution in [2.24, 2.45) is 0 Å². The summed E-state index contributed by atoms with van der Waals surface area (Å²) in [4.78, 5) is 42.0. The largest absolute Gasteiger partial charge is 0.441 e. The summed E-state index contributed by atoms with van der Waals surface area (Å²) in [6.45, 7) is 3.70. The van der Waals surface area contributed by atoms with Gasteiger partial charge in [-0.3, -0.25) is 14.4 Å². The zero-order chi connectivity index (χ0) is 19.4. The molecule has 0 saturated heterocycles. The maximum absolute atomic E-state index is 12.0. The molecule has 0 saturated carbocycles. The second kappa shape index (κ2) is 8.26. The number of benzene rings is 1. The van der Waals surface area contributed by atoms with E-state index in [1.54, 1.807) is 31.2 Å². The standard InChI is InChI=1S/C20H20N2O4S/c1-12-3-9-19(27-12)17(24)7-5-15(23)6-10-20(25)22-14-4-8-18-16(11-14)21-13(2)26-18/h3-4,8-9,11H,5-7,10H2,1-2H3,(H,22,25). The number of anilines is 1. The molecule has 3 aromatic rings.